The summed E-state index contributed by atoms with van der Waals surface area (Å²) in [4.78, 5) is 20.5. The summed E-state index contributed by atoms with van der Waals surface area (Å²) in [5.74, 6) is 0.327. The maximum Gasteiger partial charge on any atom is 0.337 e. The van der Waals surface area contributed by atoms with Crippen LogP contribution in [0.3, 0.4) is 0 Å². The Hall–Kier alpha value is -3.02. The molecule has 1 aromatic carbocycles. The van der Waals surface area contributed by atoms with Gasteiger partial charge in [0.2, 0.25) is 0 Å². The third-order valence-corrected chi connectivity index (χ3v) is 3.51. The Bertz CT molecular complexity index is 853. The lowest BCUT2D eigenvalue weighted by molar-refractivity contribution is 0.0600. The molecule has 0 spiro atoms. The van der Waals surface area contributed by atoms with E-state index in [1.54, 1.807) is 23.0 Å². The number of esters is 1. The van der Waals surface area contributed by atoms with Crippen molar-refractivity contribution in [1.82, 2.24) is 19.7 Å². The maximum atomic E-state index is 12.0. The summed E-state index contributed by atoms with van der Waals surface area (Å²) in [7, 11) is 1.36. The Labute approximate surface area is 133 Å². The Morgan fingerprint density at radius 1 is 1.13 bits per heavy atom. The summed E-state index contributed by atoms with van der Waals surface area (Å²) in [5.41, 5.74) is 3.85. The van der Waals surface area contributed by atoms with Crippen molar-refractivity contribution >= 4 is 5.97 Å². The van der Waals surface area contributed by atoms with Crippen LogP contribution in [-0.2, 0) is 4.74 Å². The summed E-state index contributed by atoms with van der Waals surface area (Å²) in [6.07, 6.45) is 3.27. The van der Waals surface area contributed by atoms with Gasteiger partial charge in [0.15, 0.2) is 0 Å². The molecule has 0 saturated heterocycles. The Morgan fingerprint density at radius 2 is 1.96 bits per heavy atom. The van der Waals surface area contributed by atoms with Crippen molar-refractivity contribution in [1.29, 1.82) is 0 Å². The Balaban J connectivity index is 2.17. The van der Waals surface area contributed by atoms with Crippen LogP contribution in [-0.4, -0.2) is 32.8 Å². The smallest absolute Gasteiger partial charge is 0.337 e. The van der Waals surface area contributed by atoms with Gasteiger partial charge in [-0.05, 0) is 43.7 Å². The number of benzene rings is 1. The van der Waals surface area contributed by atoms with E-state index in [4.69, 9.17) is 4.74 Å². The normalized spacial score (nSPS) is 10.6. The minimum Gasteiger partial charge on any atom is -0.465 e. The summed E-state index contributed by atoms with van der Waals surface area (Å²) in [5, 5.41) is 4.19. The van der Waals surface area contributed by atoms with Crippen LogP contribution in [0.2, 0.25) is 0 Å². The van der Waals surface area contributed by atoms with Crippen LogP contribution in [0.1, 0.15) is 21.7 Å². The van der Waals surface area contributed by atoms with Crippen molar-refractivity contribution < 1.29 is 9.53 Å². The molecule has 0 fully saturated rings. The molecule has 116 valence electrons. The van der Waals surface area contributed by atoms with Gasteiger partial charge in [0, 0.05) is 11.8 Å². The highest BCUT2D eigenvalue weighted by molar-refractivity contribution is 5.91. The van der Waals surface area contributed by atoms with Crippen molar-refractivity contribution in [3.05, 3.63) is 59.8 Å². The zero-order valence-corrected chi connectivity index (χ0v) is 13.1. The molecule has 0 aliphatic rings. The number of nitrogens with zero attached hydrogens (tertiary/aromatic N) is 4. The van der Waals surface area contributed by atoms with Crippen LogP contribution in [0.5, 0.6) is 0 Å². The molecule has 6 heteroatoms. The van der Waals surface area contributed by atoms with Gasteiger partial charge in [-0.25, -0.2) is 14.5 Å². The minimum atomic E-state index is -0.405. The molecule has 0 atom stereocenters. The lowest BCUT2D eigenvalue weighted by atomic mass is 10.1. The van der Waals surface area contributed by atoms with E-state index in [-0.39, 0.29) is 0 Å². The highest BCUT2D eigenvalue weighted by atomic mass is 16.5. The maximum absolute atomic E-state index is 12.0. The Kier molecular flexibility index (Phi) is 3.89. The quantitative estimate of drug-likeness (QED) is 0.696. The van der Waals surface area contributed by atoms with Crippen molar-refractivity contribution in [2.75, 3.05) is 7.11 Å². The number of carbonyl (C=O) groups excluding carboxylic acids is 1. The van der Waals surface area contributed by atoms with E-state index in [1.807, 2.05) is 32.0 Å². The molecule has 0 radical (unpaired) electrons. The lowest BCUT2D eigenvalue weighted by Crippen LogP contribution is -2.06. The van der Waals surface area contributed by atoms with Gasteiger partial charge >= 0.3 is 5.97 Å². The van der Waals surface area contributed by atoms with Crippen LogP contribution < -0.4 is 0 Å². The lowest BCUT2D eigenvalue weighted by Gasteiger charge is -2.10. The molecule has 6 nitrogen and oxygen atoms in total. The zero-order chi connectivity index (χ0) is 16.4. The fourth-order valence-electron chi connectivity index (χ4n) is 2.31. The van der Waals surface area contributed by atoms with E-state index >= 15 is 0 Å². The third kappa shape index (κ3) is 2.96. The fraction of sp³-hybridized carbons (Fsp3) is 0.176. The molecule has 0 N–H and O–H groups in total. The molecular formula is C17H16N4O2. The number of carbonyl (C=O) groups is 1. The number of ether oxygens (including phenoxy) is 1. The van der Waals surface area contributed by atoms with E-state index in [0.29, 0.717) is 5.56 Å². The second-order valence-electron chi connectivity index (χ2n) is 5.20. The second-order valence-corrected chi connectivity index (χ2v) is 5.20. The predicted octanol–water partition coefficient (Wildman–Crippen LogP) is 2.73. The summed E-state index contributed by atoms with van der Waals surface area (Å²) >= 11 is 0. The largest absolute Gasteiger partial charge is 0.465 e. The van der Waals surface area contributed by atoms with Gasteiger partial charge in [-0.3, -0.25) is 4.98 Å². The van der Waals surface area contributed by atoms with Crippen molar-refractivity contribution in [3.63, 3.8) is 0 Å². The van der Waals surface area contributed by atoms with Crippen LogP contribution in [0.25, 0.3) is 16.9 Å². The van der Waals surface area contributed by atoms with Gasteiger partial charge < -0.3 is 4.74 Å². The molecule has 0 aliphatic heterocycles. The average Bonchev–Trinajstić information content (AvgIpc) is 3.00. The number of aromatic nitrogens is 4. The monoisotopic (exact) mass is 308 g/mol. The predicted molar refractivity (Wildman–Crippen MR) is 85.4 cm³/mol. The molecular weight excluding hydrogens is 292 g/mol. The zero-order valence-electron chi connectivity index (χ0n) is 13.1. The molecule has 3 rings (SSSR count). The van der Waals surface area contributed by atoms with Crippen LogP contribution in [0, 0.1) is 13.8 Å². The van der Waals surface area contributed by atoms with Crippen molar-refractivity contribution in [2.45, 2.75) is 13.8 Å². The number of pyridine rings is 1. The van der Waals surface area contributed by atoms with E-state index in [2.05, 4.69) is 15.1 Å². The van der Waals surface area contributed by atoms with Crippen molar-refractivity contribution in [3.8, 4) is 16.9 Å². The van der Waals surface area contributed by atoms with E-state index < -0.39 is 5.97 Å². The van der Waals surface area contributed by atoms with Gasteiger partial charge in [-0.2, -0.15) is 5.10 Å². The summed E-state index contributed by atoms with van der Waals surface area (Å²) in [6.45, 7) is 3.83. The standard InChI is InChI=1S/C17H16N4O2/c1-11-4-5-16(18-9-11)13-6-14(17(22)23-3)8-15(7-13)21-12(2)19-10-20-21/h4-10H,1-3H3. The molecule has 0 saturated carbocycles. The first kappa shape index (κ1) is 14.9. The number of rotatable bonds is 3. The average molecular weight is 308 g/mol. The molecule has 0 amide bonds. The summed E-state index contributed by atoms with van der Waals surface area (Å²) < 4.78 is 6.51. The summed E-state index contributed by atoms with van der Waals surface area (Å²) in [6, 6.07) is 9.31. The van der Waals surface area contributed by atoms with Crippen molar-refractivity contribution in [2.24, 2.45) is 0 Å². The molecule has 2 heterocycles. The number of hydrogen-bond donors (Lipinski definition) is 0. The highest BCUT2D eigenvalue weighted by Gasteiger charge is 2.13. The molecule has 0 bridgehead atoms. The fourth-order valence-corrected chi connectivity index (χ4v) is 2.31. The first-order valence-electron chi connectivity index (χ1n) is 7.12. The third-order valence-electron chi connectivity index (χ3n) is 3.51. The minimum absolute atomic E-state index is 0.405. The molecule has 23 heavy (non-hydrogen) atoms. The van der Waals surface area contributed by atoms with Crippen LogP contribution in [0.4, 0.5) is 0 Å². The van der Waals surface area contributed by atoms with Gasteiger partial charge in [0.05, 0.1) is 24.1 Å². The number of aryl methyl sites for hydroxylation is 2. The first-order chi connectivity index (χ1) is 11.1. The number of hydrogen-bond acceptors (Lipinski definition) is 5. The van der Waals surface area contributed by atoms with Gasteiger partial charge in [-0.15, -0.1) is 0 Å². The van der Waals surface area contributed by atoms with Crippen LogP contribution >= 0.6 is 0 Å². The molecule has 3 aromatic rings. The number of methoxy groups -OCH3 is 1. The van der Waals surface area contributed by atoms with Gasteiger partial charge in [0.1, 0.15) is 12.2 Å². The van der Waals surface area contributed by atoms with Crippen LogP contribution in [0.15, 0.2) is 42.9 Å². The van der Waals surface area contributed by atoms with Gasteiger partial charge in [-0.1, -0.05) is 6.07 Å². The topological polar surface area (TPSA) is 69.9 Å². The molecule has 0 unspecified atom stereocenters. The van der Waals surface area contributed by atoms with E-state index in [0.717, 1.165) is 28.3 Å². The Morgan fingerprint density at radius 3 is 2.57 bits per heavy atom. The SMILES string of the molecule is COC(=O)c1cc(-c2ccc(C)cn2)cc(-n2ncnc2C)c1. The second kappa shape index (κ2) is 6.00. The first-order valence-corrected chi connectivity index (χ1v) is 7.12. The molecule has 0 aliphatic carbocycles. The van der Waals surface area contributed by atoms with E-state index in [1.165, 1.54) is 13.4 Å². The van der Waals surface area contributed by atoms with E-state index in [9.17, 15) is 4.79 Å². The highest BCUT2D eigenvalue weighted by Crippen LogP contribution is 2.23. The van der Waals surface area contributed by atoms with Gasteiger partial charge in [0.25, 0.3) is 0 Å². The molecule has 2 aromatic heterocycles.